The number of benzene rings is 2. The summed E-state index contributed by atoms with van der Waals surface area (Å²) in [5.41, 5.74) is 7.79. The third kappa shape index (κ3) is 5.37. The Hall–Kier alpha value is -2.91. The number of likely N-dealkylation sites (N-methyl/N-ethyl adjacent to an activating group) is 1. The Morgan fingerprint density at radius 3 is 2.77 bits per heavy atom. The van der Waals surface area contributed by atoms with Gasteiger partial charge in [0.1, 0.15) is 5.82 Å². The topological polar surface area (TPSA) is 79.5 Å². The summed E-state index contributed by atoms with van der Waals surface area (Å²) >= 11 is 6.14. The molecular weight excluding hydrogens is 398 g/mol. The number of aliphatic hydroxyl groups is 1. The maximum Gasteiger partial charge on any atom is 0.164 e. The van der Waals surface area contributed by atoms with Crippen LogP contribution in [0.1, 0.15) is 34.3 Å². The molecule has 0 amide bonds. The van der Waals surface area contributed by atoms with Gasteiger partial charge < -0.3 is 15.7 Å². The van der Waals surface area contributed by atoms with Gasteiger partial charge in [-0.15, -0.1) is 0 Å². The minimum Gasteiger partial charge on any atom is -0.392 e. The minimum atomic E-state index is -0.548. The summed E-state index contributed by atoms with van der Waals surface area (Å²) in [6.45, 7) is 0.519. The molecule has 1 aromatic heterocycles. The number of nitrogen functional groups attached to an aromatic ring is 1. The molecule has 0 spiro atoms. The zero-order valence-corrected chi connectivity index (χ0v) is 17.8. The van der Waals surface area contributed by atoms with Gasteiger partial charge in [0.2, 0.25) is 0 Å². The van der Waals surface area contributed by atoms with Crippen LogP contribution in [0.3, 0.4) is 0 Å². The summed E-state index contributed by atoms with van der Waals surface area (Å²) < 4.78 is 0. The maximum absolute atomic E-state index is 12.7. The van der Waals surface area contributed by atoms with E-state index in [0.717, 1.165) is 10.8 Å². The van der Waals surface area contributed by atoms with Crippen molar-refractivity contribution < 1.29 is 9.90 Å². The van der Waals surface area contributed by atoms with E-state index in [1.807, 2.05) is 43.3 Å². The molecule has 1 atom stereocenters. The lowest BCUT2D eigenvalue weighted by molar-refractivity contribution is 0.0909. The average Bonchev–Trinajstić information content (AvgIpc) is 2.71. The Morgan fingerprint density at radius 1 is 1.23 bits per heavy atom. The quantitative estimate of drug-likeness (QED) is 0.468. The summed E-state index contributed by atoms with van der Waals surface area (Å²) in [4.78, 5) is 18.8. The van der Waals surface area contributed by atoms with Crippen LogP contribution in [0.2, 0.25) is 5.02 Å². The number of halogens is 1. The number of pyridine rings is 1. The number of ketones is 1. The average molecular weight is 422 g/mol. The number of aromatic nitrogens is 1. The number of aliphatic hydroxyl groups excluding tert-OH is 1. The smallest absolute Gasteiger partial charge is 0.164 e. The highest BCUT2D eigenvalue weighted by Crippen LogP contribution is 2.25. The van der Waals surface area contributed by atoms with Gasteiger partial charge in [-0.2, -0.15) is 0 Å². The number of hydrogen-bond acceptors (Lipinski definition) is 5. The van der Waals surface area contributed by atoms with Gasteiger partial charge >= 0.3 is 0 Å². The van der Waals surface area contributed by atoms with Crippen molar-refractivity contribution in [2.45, 2.75) is 18.9 Å². The molecule has 0 saturated carbocycles. The van der Waals surface area contributed by atoms with Crippen LogP contribution in [0, 0.1) is 11.8 Å². The lowest BCUT2D eigenvalue weighted by Crippen LogP contribution is -2.26. The van der Waals surface area contributed by atoms with E-state index < -0.39 is 6.10 Å². The third-order valence-corrected chi connectivity index (χ3v) is 4.95. The Labute approximate surface area is 181 Å². The van der Waals surface area contributed by atoms with Crippen molar-refractivity contribution in [3.8, 4) is 11.8 Å². The number of fused-ring (bicyclic) bond motifs is 1. The van der Waals surface area contributed by atoms with Gasteiger partial charge in [0.25, 0.3) is 0 Å². The molecule has 0 aliphatic rings. The lowest BCUT2D eigenvalue weighted by Gasteiger charge is -2.15. The van der Waals surface area contributed by atoms with Crippen LogP contribution >= 0.6 is 11.6 Å². The number of carbonyl (C=O) groups excluding carboxylic acids is 1. The number of anilines is 1. The van der Waals surface area contributed by atoms with Crippen molar-refractivity contribution in [2.75, 3.05) is 26.4 Å². The van der Waals surface area contributed by atoms with E-state index in [1.54, 1.807) is 24.4 Å². The number of nitrogens with two attached hydrogens (primary N) is 1. The zero-order chi connectivity index (χ0) is 21.7. The van der Waals surface area contributed by atoms with Gasteiger partial charge in [0.15, 0.2) is 5.78 Å². The largest absolute Gasteiger partial charge is 0.392 e. The maximum atomic E-state index is 12.7. The Morgan fingerprint density at radius 2 is 2.00 bits per heavy atom. The molecule has 5 nitrogen and oxygen atoms in total. The molecule has 3 N–H and O–H groups in total. The summed E-state index contributed by atoms with van der Waals surface area (Å²) in [6, 6.07) is 12.7. The van der Waals surface area contributed by atoms with E-state index in [-0.39, 0.29) is 12.2 Å². The molecular formula is C24H24ClN3O2. The third-order valence-electron chi connectivity index (χ3n) is 4.71. The normalized spacial score (nSPS) is 11.9. The van der Waals surface area contributed by atoms with Crippen molar-refractivity contribution >= 4 is 34.0 Å². The van der Waals surface area contributed by atoms with E-state index in [1.165, 1.54) is 0 Å². The highest BCUT2D eigenvalue weighted by atomic mass is 35.5. The predicted octanol–water partition coefficient (Wildman–Crippen LogP) is 3.76. The van der Waals surface area contributed by atoms with Crippen LogP contribution in [0.4, 0.5) is 5.82 Å². The van der Waals surface area contributed by atoms with Gasteiger partial charge in [-0.25, -0.2) is 4.98 Å². The summed E-state index contributed by atoms with van der Waals surface area (Å²) in [6.07, 6.45) is 1.79. The SMILES string of the molecule is CN(C)CC(O)CCC(=O)c1ccccc1C#Cc1c(N)ncc2ccc(Cl)cc12. The monoisotopic (exact) mass is 421 g/mol. The highest BCUT2D eigenvalue weighted by molar-refractivity contribution is 6.31. The van der Waals surface area contributed by atoms with E-state index in [2.05, 4.69) is 16.8 Å². The molecule has 0 aliphatic heterocycles. The molecule has 0 radical (unpaired) electrons. The van der Waals surface area contributed by atoms with E-state index in [9.17, 15) is 9.90 Å². The first-order valence-electron chi connectivity index (χ1n) is 9.66. The van der Waals surface area contributed by atoms with Gasteiger partial charge in [-0.1, -0.05) is 47.7 Å². The second-order valence-electron chi connectivity index (χ2n) is 7.42. The Kier molecular flexibility index (Phi) is 7.07. The molecule has 0 aliphatic carbocycles. The van der Waals surface area contributed by atoms with E-state index in [4.69, 9.17) is 17.3 Å². The summed E-state index contributed by atoms with van der Waals surface area (Å²) in [7, 11) is 3.77. The molecule has 2 aromatic carbocycles. The van der Waals surface area contributed by atoms with Crippen LogP contribution in [0.15, 0.2) is 48.7 Å². The number of Topliss-reactive ketones (excluding diaryl/α,β-unsaturated/α-hetero) is 1. The summed E-state index contributed by atoms with van der Waals surface area (Å²) in [5, 5.41) is 12.3. The number of carbonyl (C=O) groups is 1. The van der Waals surface area contributed by atoms with Gasteiger partial charge in [0.05, 0.1) is 11.7 Å². The van der Waals surface area contributed by atoms with Crippen LogP contribution < -0.4 is 5.73 Å². The molecule has 3 aromatic rings. The van der Waals surface area contributed by atoms with Crippen LogP contribution in [-0.4, -0.2) is 47.5 Å². The highest BCUT2D eigenvalue weighted by Gasteiger charge is 2.13. The Balaban J connectivity index is 1.89. The number of hydrogen-bond donors (Lipinski definition) is 2. The van der Waals surface area contributed by atoms with Crippen LogP contribution in [-0.2, 0) is 0 Å². The molecule has 3 rings (SSSR count). The van der Waals surface area contributed by atoms with Gasteiger partial charge in [0, 0.05) is 46.1 Å². The lowest BCUT2D eigenvalue weighted by atomic mass is 9.99. The van der Waals surface area contributed by atoms with Crippen LogP contribution in [0.25, 0.3) is 10.8 Å². The molecule has 0 saturated heterocycles. The second kappa shape index (κ2) is 9.73. The molecule has 0 bridgehead atoms. The van der Waals surface area contributed by atoms with E-state index in [0.29, 0.717) is 40.5 Å². The molecule has 1 unspecified atom stereocenters. The summed E-state index contributed by atoms with van der Waals surface area (Å²) in [5.74, 6) is 6.42. The fraction of sp³-hybridized carbons (Fsp3) is 0.250. The van der Waals surface area contributed by atoms with E-state index >= 15 is 0 Å². The van der Waals surface area contributed by atoms with Crippen molar-refractivity contribution in [2.24, 2.45) is 0 Å². The molecule has 154 valence electrons. The molecule has 0 fully saturated rings. The molecule has 6 heteroatoms. The minimum absolute atomic E-state index is 0.0511. The van der Waals surface area contributed by atoms with Gasteiger partial charge in [-0.3, -0.25) is 4.79 Å². The first kappa shape index (κ1) is 21.8. The zero-order valence-electron chi connectivity index (χ0n) is 17.0. The van der Waals surface area contributed by atoms with Crippen molar-refractivity contribution in [3.05, 3.63) is 70.4 Å². The molecule has 1 heterocycles. The number of nitrogens with zero attached hydrogens (tertiary/aromatic N) is 2. The number of rotatable bonds is 6. The Bertz CT molecular complexity index is 1130. The van der Waals surface area contributed by atoms with Crippen molar-refractivity contribution in [1.29, 1.82) is 0 Å². The molecule has 30 heavy (non-hydrogen) atoms. The first-order valence-corrected chi connectivity index (χ1v) is 10.0. The second-order valence-corrected chi connectivity index (χ2v) is 7.86. The predicted molar refractivity (Wildman–Crippen MR) is 122 cm³/mol. The van der Waals surface area contributed by atoms with Gasteiger partial charge in [-0.05, 0) is 38.7 Å². The standard InChI is InChI=1S/C24H24ClN3O2/c1-28(2)15-19(29)10-12-23(30)20-6-4-3-5-16(20)8-11-21-22-13-18(25)9-7-17(22)14-27-24(21)26/h3-7,9,13-14,19,29H,10,12,15H2,1-2H3,(H2,26,27). The fourth-order valence-electron chi connectivity index (χ4n) is 3.24. The van der Waals surface area contributed by atoms with Crippen molar-refractivity contribution in [1.82, 2.24) is 9.88 Å². The van der Waals surface area contributed by atoms with Crippen molar-refractivity contribution in [3.63, 3.8) is 0 Å². The fourth-order valence-corrected chi connectivity index (χ4v) is 3.41. The first-order chi connectivity index (χ1) is 14.3. The van der Waals surface area contributed by atoms with Crippen LogP contribution in [0.5, 0.6) is 0 Å².